The molecule has 0 spiro atoms. The fourth-order valence-electron chi connectivity index (χ4n) is 4.24. The normalized spacial score (nSPS) is 31.9. The number of hydrogen-bond donors (Lipinski definition) is 1. The topological polar surface area (TPSA) is 20.2 Å². The lowest BCUT2D eigenvalue weighted by molar-refractivity contribution is -0.0147. The quantitative estimate of drug-likeness (QED) is 0.742. The van der Waals surface area contributed by atoms with E-state index < -0.39 is 5.60 Å². The second-order valence-corrected chi connectivity index (χ2v) is 6.54. The maximum atomic E-state index is 10.9. The van der Waals surface area contributed by atoms with Gasteiger partial charge in [-0.2, -0.15) is 0 Å². The van der Waals surface area contributed by atoms with Crippen molar-refractivity contribution in [3.05, 3.63) is 53.6 Å². The third-order valence-electron chi connectivity index (χ3n) is 5.17. The highest BCUT2D eigenvalue weighted by molar-refractivity contribution is 5.92. The molecular formula is C19H20O. The summed E-state index contributed by atoms with van der Waals surface area (Å²) in [5.74, 6) is 0.744. The maximum Gasteiger partial charge on any atom is 0.0693 e. The van der Waals surface area contributed by atoms with E-state index in [1.807, 2.05) is 6.92 Å². The van der Waals surface area contributed by atoms with E-state index in [-0.39, 0.29) is 5.92 Å². The van der Waals surface area contributed by atoms with Crippen LogP contribution in [0.1, 0.15) is 43.2 Å². The van der Waals surface area contributed by atoms with Gasteiger partial charge in [-0.05, 0) is 54.0 Å². The number of aliphatic hydroxyl groups is 1. The van der Waals surface area contributed by atoms with Crippen molar-refractivity contribution in [1.29, 1.82) is 0 Å². The van der Waals surface area contributed by atoms with Gasteiger partial charge in [0.25, 0.3) is 0 Å². The number of hydrogen-bond acceptors (Lipinski definition) is 1. The molecule has 3 unspecified atom stereocenters. The Morgan fingerprint density at radius 1 is 1.15 bits per heavy atom. The zero-order chi connectivity index (χ0) is 13.7. The van der Waals surface area contributed by atoms with Crippen molar-refractivity contribution in [1.82, 2.24) is 0 Å². The molecule has 1 heteroatoms. The van der Waals surface area contributed by atoms with Crippen LogP contribution in [-0.2, 0) is 0 Å². The number of allylic oxidation sites excluding steroid dienone is 1. The molecular weight excluding hydrogens is 244 g/mol. The van der Waals surface area contributed by atoms with Crippen LogP contribution >= 0.6 is 0 Å². The lowest BCUT2D eigenvalue weighted by Gasteiger charge is -2.44. The minimum absolute atomic E-state index is 0.251. The predicted molar refractivity (Wildman–Crippen MR) is 83.7 cm³/mol. The molecule has 2 aliphatic carbocycles. The Bertz CT molecular complexity index is 696. The van der Waals surface area contributed by atoms with Gasteiger partial charge in [-0.25, -0.2) is 0 Å². The van der Waals surface area contributed by atoms with E-state index in [1.54, 1.807) is 0 Å². The van der Waals surface area contributed by atoms with Crippen molar-refractivity contribution in [3.63, 3.8) is 0 Å². The minimum atomic E-state index is -0.578. The van der Waals surface area contributed by atoms with Crippen molar-refractivity contribution in [3.8, 4) is 0 Å². The monoisotopic (exact) mass is 264 g/mol. The van der Waals surface area contributed by atoms with Crippen molar-refractivity contribution in [2.24, 2.45) is 5.92 Å². The standard InChI is InChI=1S/C19H20O/c1-19(20)12-4-6-14-9-10-16-15-7-3-2-5-13(15)8-11-17(16)18(14)19/h2-3,5,7-11,14,18,20H,4,6,12H2,1H3. The highest BCUT2D eigenvalue weighted by Crippen LogP contribution is 2.49. The largest absolute Gasteiger partial charge is 0.390 e. The first-order chi connectivity index (χ1) is 9.67. The van der Waals surface area contributed by atoms with Crippen molar-refractivity contribution >= 4 is 16.8 Å². The number of benzene rings is 2. The summed E-state index contributed by atoms with van der Waals surface area (Å²) in [5.41, 5.74) is 2.07. The first-order valence-corrected chi connectivity index (χ1v) is 7.59. The zero-order valence-electron chi connectivity index (χ0n) is 11.8. The first kappa shape index (κ1) is 12.2. The van der Waals surface area contributed by atoms with E-state index in [0.717, 1.165) is 12.8 Å². The third-order valence-corrected chi connectivity index (χ3v) is 5.17. The molecule has 2 aromatic rings. The van der Waals surface area contributed by atoms with Crippen molar-refractivity contribution in [2.45, 2.75) is 37.7 Å². The van der Waals surface area contributed by atoms with Gasteiger partial charge in [-0.15, -0.1) is 0 Å². The molecule has 4 rings (SSSR count). The summed E-state index contributed by atoms with van der Waals surface area (Å²) in [6.07, 6.45) is 7.84. The highest BCUT2D eigenvalue weighted by Gasteiger charge is 2.43. The Morgan fingerprint density at radius 2 is 2.00 bits per heavy atom. The Hall–Kier alpha value is -1.60. The maximum absolute atomic E-state index is 10.9. The van der Waals surface area contributed by atoms with Crippen LogP contribution < -0.4 is 0 Å². The minimum Gasteiger partial charge on any atom is -0.390 e. The molecule has 3 atom stereocenters. The zero-order valence-corrected chi connectivity index (χ0v) is 11.8. The molecule has 1 fully saturated rings. The molecule has 0 bridgehead atoms. The highest BCUT2D eigenvalue weighted by atomic mass is 16.3. The van der Waals surface area contributed by atoms with E-state index in [1.165, 1.54) is 28.3 Å². The molecule has 20 heavy (non-hydrogen) atoms. The molecule has 2 aromatic carbocycles. The molecule has 0 saturated heterocycles. The van der Waals surface area contributed by atoms with Gasteiger partial charge in [0.1, 0.15) is 0 Å². The Balaban J connectivity index is 1.97. The molecule has 0 amide bonds. The van der Waals surface area contributed by atoms with Crippen LogP contribution in [0, 0.1) is 5.92 Å². The van der Waals surface area contributed by atoms with Crippen molar-refractivity contribution < 1.29 is 5.11 Å². The Labute approximate surface area is 119 Å². The van der Waals surface area contributed by atoms with E-state index >= 15 is 0 Å². The van der Waals surface area contributed by atoms with E-state index in [9.17, 15) is 5.11 Å². The van der Waals surface area contributed by atoms with Gasteiger partial charge < -0.3 is 5.11 Å². The molecule has 2 aliphatic rings. The van der Waals surface area contributed by atoms with Gasteiger partial charge in [0.2, 0.25) is 0 Å². The van der Waals surface area contributed by atoms with Gasteiger partial charge >= 0.3 is 0 Å². The molecule has 0 aliphatic heterocycles. The molecule has 102 valence electrons. The van der Waals surface area contributed by atoms with Crippen LogP contribution in [0.2, 0.25) is 0 Å². The van der Waals surface area contributed by atoms with Gasteiger partial charge in [-0.3, -0.25) is 0 Å². The summed E-state index contributed by atoms with van der Waals surface area (Å²) in [6, 6.07) is 13.0. The fourth-order valence-corrected chi connectivity index (χ4v) is 4.24. The fraction of sp³-hybridized carbons (Fsp3) is 0.368. The summed E-state index contributed by atoms with van der Waals surface area (Å²) in [6.45, 7) is 2.02. The summed E-state index contributed by atoms with van der Waals surface area (Å²) < 4.78 is 0. The Morgan fingerprint density at radius 3 is 2.90 bits per heavy atom. The van der Waals surface area contributed by atoms with Crippen LogP contribution in [0.5, 0.6) is 0 Å². The van der Waals surface area contributed by atoms with E-state index in [0.29, 0.717) is 5.92 Å². The summed E-state index contributed by atoms with van der Waals surface area (Å²) >= 11 is 0. The van der Waals surface area contributed by atoms with Gasteiger partial charge in [-0.1, -0.05) is 48.6 Å². The second kappa shape index (κ2) is 4.20. The SMILES string of the molecule is CC1(O)CCCC2C=Cc3c(ccc4ccccc34)C21. The van der Waals surface area contributed by atoms with Crippen LogP contribution in [-0.4, -0.2) is 10.7 Å². The summed E-state index contributed by atoms with van der Waals surface area (Å²) in [4.78, 5) is 0. The number of fused-ring (bicyclic) bond motifs is 5. The van der Waals surface area contributed by atoms with Gasteiger partial charge in [0, 0.05) is 5.92 Å². The van der Waals surface area contributed by atoms with Gasteiger partial charge in [0.05, 0.1) is 5.60 Å². The predicted octanol–water partition coefficient (Wildman–Crippen LogP) is 4.50. The molecule has 1 saturated carbocycles. The third kappa shape index (κ3) is 1.66. The average molecular weight is 264 g/mol. The summed E-state index contributed by atoms with van der Waals surface area (Å²) in [7, 11) is 0. The van der Waals surface area contributed by atoms with Crippen LogP contribution in [0.3, 0.4) is 0 Å². The first-order valence-electron chi connectivity index (χ1n) is 7.59. The van der Waals surface area contributed by atoms with Gasteiger partial charge in [0.15, 0.2) is 0 Å². The van der Waals surface area contributed by atoms with E-state index in [2.05, 4.69) is 48.6 Å². The molecule has 0 aromatic heterocycles. The van der Waals surface area contributed by atoms with Crippen LogP contribution in [0.15, 0.2) is 42.5 Å². The molecule has 1 N–H and O–H groups in total. The lowest BCUT2D eigenvalue weighted by Crippen LogP contribution is -2.41. The molecule has 1 nitrogen and oxygen atoms in total. The van der Waals surface area contributed by atoms with E-state index in [4.69, 9.17) is 0 Å². The van der Waals surface area contributed by atoms with Crippen molar-refractivity contribution in [2.75, 3.05) is 0 Å². The summed E-state index contributed by atoms with van der Waals surface area (Å²) in [5, 5.41) is 13.4. The molecule has 0 heterocycles. The van der Waals surface area contributed by atoms with Crippen LogP contribution in [0.25, 0.3) is 16.8 Å². The number of rotatable bonds is 0. The molecule has 0 radical (unpaired) electrons. The van der Waals surface area contributed by atoms with Crippen LogP contribution in [0.4, 0.5) is 0 Å². The lowest BCUT2D eigenvalue weighted by atomic mass is 9.63. The smallest absolute Gasteiger partial charge is 0.0693 e. The Kier molecular flexibility index (Phi) is 2.55. The second-order valence-electron chi connectivity index (χ2n) is 6.54. The average Bonchev–Trinajstić information content (AvgIpc) is 2.46.